The lowest BCUT2D eigenvalue weighted by Crippen LogP contribution is -2.32. The van der Waals surface area contributed by atoms with Crippen molar-refractivity contribution in [3.8, 4) is 17.2 Å². The molecule has 0 unspecified atom stereocenters. The van der Waals surface area contributed by atoms with Crippen LogP contribution in [0.3, 0.4) is 0 Å². The maximum absolute atomic E-state index is 13.3. The molecule has 2 aromatic carbocycles. The topological polar surface area (TPSA) is 77.1 Å². The van der Waals surface area contributed by atoms with Crippen LogP contribution in [0.1, 0.15) is 40.7 Å². The molecule has 0 bridgehead atoms. The van der Waals surface area contributed by atoms with Gasteiger partial charge in [-0.1, -0.05) is 12.1 Å². The van der Waals surface area contributed by atoms with Gasteiger partial charge in [-0.2, -0.15) is 0 Å². The van der Waals surface area contributed by atoms with Crippen molar-refractivity contribution in [1.29, 1.82) is 0 Å². The molecule has 0 radical (unpaired) electrons. The van der Waals surface area contributed by atoms with Crippen molar-refractivity contribution in [1.82, 2.24) is 10.2 Å². The van der Waals surface area contributed by atoms with E-state index in [-0.39, 0.29) is 11.8 Å². The minimum Gasteiger partial charge on any atom is -0.497 e. The zero-order valence-electron chi connectivity index (χ0n) is 18.7. The molecule has 32 heavy (non-hydrogen) atoms. The van der Waals surface area contributed by atoms with Crippen molar-refractivity contribution in [2.75, 3.05) is 33.9 Å². The van der Waals surface area contributed by atoms with E-state index in [4.69, 9.17) is 14.2 Å². The summed E-state index contributed by atoms with van der Waals surface area (Å²) in [5.74, 6) is 2.54. The number of hydrogen-bond acceptors (Lipinski definition) is 5. The molecule has 1 aliphatic heterocycles. The van der Waals surface area contributed by atoms with Gasteiger partial charge in [0.15, 0.2) is 0 Å². The van der Waals surface area contributed by atoms with Gasteiger partial charge in [-0.25, -0.2) is 0 Å². The molecule has 0 saturated heterocycles. The molecule has 1 N–H and O–H groups in total. The van der Waals surface area contributed by atoms with E-state index in [0.717, 1.165) is 23.4 Å². The molecule has 0 aromatic heterocycles. The van der Waals surface area contributed by atoms with E-state index in [1.165, 1.54) is 12.8 Å². The Bertz CT molecular complexity index is 986. The highest BCUT2D eigenvalue weighted by atomic mass is 16.5. The number of nitrogens with one attached hydrogen (secondary N) is 1. The summed E-state index contributed by atoms with van der Waals surface area (Å²) in [5.41, 5.74) is 2.49. The normalized spacial score (nSPS) is 15.2. The highest BCUT2D eigenvalue weighted by Crippen LogP contribution is 2.30. The number of benzene rings is 2. The van der Waals surface area contributed by atoms with Gasteiger partial charge in [0, 0.05) is 31.1 Å². The van der Waals surface area contributed by atoms with Crippen LogP contribution in [0.4, 0.5) is 0 Å². The first kappa shape index (κ1) is 22.0. The number of aryl methyl sites for hydroxylation is 1. The summed E-state index contributed by atoms with van der Waals surface area (Å²) >= 11 is 0. The Morgan fingerprint density at radius 3 is 2.72 bits per heavy atom. The number of methoxy groups -OCH3 is 2. The molecule has 0 atom stereocenters. The fraction of sp³-hybridized carbons (Fsp3) is 0.440. The molecule has 2 amide bonds. The Morgan fingerprint density at radius 2 is 1.97 bits per heavy atom. The van der Waals surface area contributed by atoms with Crippen molar-refractivity contribution >= 4 is 11.8 Å². The van der Waals surface area contributed by atoms with E-state index in [1.54, 1.807) is 37.3 Å². The summed E-state index contributed by atoms with van der Waals surface area (Å²) in [4.78, 5) is 27.1. The molecular formula is C25H30N2O5. The molecule has 7 heteroatoms. The second-order valence-corrected chi connectivity index (χ2v) is 8.33. The number of carbonyl (C=O) groups excluding carboxylic acids is 2. The smallest absolute Gasteiger partial charge is 0.258 e. The maximum atomic E-state index is 13.3. The fourth-order valence-electron chi connectivity index (χ4n) is 3.85. The average Bonchev–Trinajstić information content (AvgIpc) is 3.66. The minimum absolute atomic E-state index is 0.0893. The van der Waals surface area contributed by atoms with Gasteiger partial charge in [0.2, 0.25) is 5.91 Å². The average molecular weight is 439 g/mol. The monoisotopic (exact) mass is 438 g/mol. The predicted octanol–water partition coefficient (Wildman–Crippen LogP) is 3.20. The van der Waals surface area contributed by atoms with Gasteiger partial charge >= 0.3 is 0 Å². The van der Waals surface area contributed by atoms with E-state index in [9.17, 15) is 9.59 Å². The van der Waals surface area contributed by atoms with Gasteiger partial charge < -0.3 is 24.4 Å². The van der Waals surface area contributed by atoms with Gasteiger partial charge in [0.1, 0.15) is 23.9 Å². The van der Waals surface area contributed by atoms with Crippen LogP contribution in [-0.4, -0.2) is 50.6 Å². The van der Waals surface area contributed by atoms with E-state index in [1.807, 2.05) is 18.2 Å². The van der Waals surface area contributed by atoms with E-state index in [2.05, 4.69) is 5.32 Å². The number of carbonyl (C=O) groups is 2. The van der Waals surface area contributed by atoms with Gasteiger partial charge in [0.05, 0.1) is 26.3 Å². The molecule has 2 aromatic rings. The summed E-state index contributed by atoms with van der Waals surface area (Å²) in [6, 6.07) is 11.2. The van der Waals surface area contributed by atoms with E-state index >= 15 is 0 Å². The Hall–Kier alpha value is -3.22. The third-order valence-electron chi connectivity index (χ3n) is 5.96. The number of fused-ring (bicyclic) bond motifs is 1. The second-order valence-electron chi connectivity index (χ2n) is 8.33. The molecular weight excluding hydrogens is 408 g/mol. The lowest BCUT2D eigenvalue weighted by Gasteiger charge is -2.21. The van der Waals surface area contributed by atoms with E-state index in [0.29, 0.717) is 55.5 Å². The number of nitrogens with zero attached hydrogens (tertiary/aromatic N) is 1. The zero-order valence-corrected chi connectivity index (χ0v) is 18.7. The number of rotatable bonds is 8. The molecule has 1 saturated carbocycles. The Labute approximate surface area is 188 Å². The second kappa shape index (κ2) is 9.94. The molecule has 0 spiro atoms. The summed E-state index contributed by atoms with van der Waals surface area (Å²) in [5, 5.41) is 3.01. The van der Waals surface area contributed by atoms with Gasteiger partial charge in [-0.15, -0.1) is 0 Å². The van der Waals surface area contributed by atoms with Crippen LogP contribution in [0.25, 0.3) is 0 Å². The standard InChI is InChI=1S/C25H30N2O5/c1-30-20-7-8-21(23(14-20)31-2)25(29)27-11-12-32-22-9-5-17(13-19(22)16-27)6-10-24(28)26-15-18-3-4-18/h5,7-9,13-14,18H,3-4,6,10-12,15-16H2,1-2H3,(H,26,28). The Kier molecular flexibility index (Phi) is 6.83. The van der Waals surface area contributed by atoms with E-state index < -0.39 is 0 Å². The fourth-order valence-corrected chi connectivity index (χ4v) is 3.85. The van der Waals surface area contributed by atoms with Crippen molar-refractivity contribution in [2.24, 2.45) is 5.92 Å². The van der Waals surface area contributed by atoms with Crippen molar-refractivity contribution < 1.29 is 23.8 Å². The lowest BCUT2D eigenvalue weighted by molar-refractivity contribution is -0.121. The largest absolute Gasteiger partial charge is 0.497 e. The molecule has 4 rings (SSSR count). The highest BCUT2D eigenvalue weighted by Gasteiger charge is 2.24. The molecule has 1 fully saturated rings. The van der Waals surface area contributed by atoms with Crippen LogP contribution in [0.15, 0.2) is 36.4 Å². The van der Waals surface area contributed by atoms with Crippen LogP contribution < -0.4 is 19.5 Å². The molecule has 7 nitrogen and oxygen atoms in total. The van der Waals surface area contributed by atoms with Gasteiger partial charge in [-0.3, -0.25) is 9.59 Å². The summed E-state index contributed by atoms with van der Waals surface area (Å²) in [6.07, 6.45) is 3.56. The molecule has 1 heterocycles. The van der Waals surface area contributed by atoms with Crippen LogP contribution >= 0.6 is 0 Å². The van der Waals surface area contributed by atoms with Crippen molar-refractivity contribution in [3.05, 3.63) is 53.1 Å². The zero-order chi connectivity index (χ0) is 22.5. The van der Waals surface area contributed by atoms with Crippen LogP contribution in [-0.2, 0) is 17.8 Å². The summed E-state index contributed by atoms with van der Waals surface area (Å²) in [7, 11) is 3.12. The van der Waals surface area contributed by atoms with Crippen LogP contribution in [0, 0.1) is 5.92 Å². The quantitative estimate of drug-likeness (QED) is 0.685. The molecule has 2 aliphatic rings. The number of amides is 2. The van der Waals surface area contributed by atoms with Gasteiger partial charge in [0.25, 0.3) is 5.91 Å². The lowest BCUT2D eigenvalue weighted by atomic mass is 10.0. The predicted molar refractivity (Wildman–Crippen MR) is 120 cm³/mol. The first-order chi connectivity index (χ1) is 15.6. The summed E-state index contributed by atoms with van der Waals surface area (Å²) < 4.78 is 16.5. The Morgan fingerprint density at radius 1 is 1.12 bits per heavy atom. The SMILES string of the molecule is COc1ccc(C(=O)N2CCOc3ccc(CCC(=O)NCC4CC4)cc3C2)c(OC)c1. The van der Waals surface area contributed by atoms with Crippen LogP contribution in [0.2, 0.25) is 0 Å². The summed E-state index contributed by atoms with van der Waals surface area (Å²) in [6.45, 7) is 2.12. The molecule has 170 valence electrons. The minimum atomic E-state index is -0.120. The van der Waals surface area contributed by atoms with Crippen molar-refractivity contribution in [3.63, 3.8) is 0 Å². The van der Waals surface area contributed by atoms with Gasteiger partial charge in [-0.05, 0) is 48.9 Å². The third-order valence-corrected chi connectivity index (χ3v) is 5.96. The molecule has 1 aliphatic carbocycles. The number of ether oxygens (including phenoxy) is 3. The number of hydrogen-bond donors (Lipinski definition) is 1. The first-order valence-electron chi connectivity index (χ1n) is 11.1. The first-order valence-corrected chi connectivity index (χ1v) is 11.1. The third kappa shape index (κ3) is 5.33. The van der Waals surface area contributed by atoms with Crippen LogP contribution in [0.5, 0.6) is 17.2 Å². The van der Waals surface area contributed by atoms with Crippen molar-refractivity contribution in [2.45, 2.75) is 32.2 Å². The maximum Gasteiger partial charge on any atom is 0.258 e. The highest BCUT2D eigenvalue weighted by molar-refractivity contribution is 5.97. The Balaban J connectivity index is 1.44.